The van der Waals surface area contributed by atoms with Gasteiger partial charge in [0.25, 0.3) is 0 Å². The average molecular weight is 297 g/mol. The lowest BCUT2D eigenvalue weighted by atomic mass is 10.2. The van der Waals surface area contributed by atoms with Crippen LogP contribution in [0.15, 0.2) is 24.3 Å². The van der Waals surface area contributed by atoms with Crippen LogP contribution in [-0.2, 0) is 10.2 Å². The molecule has 0 heterocycles. The molecule has 5 nitrogen and oxygen atoms in total. The molecule has 0 bridgehead atoms. The summed E-state index contributed by atoms with van der Waals surface area (Å²) < 4.78 is 28.3. The second-order valence-corrected chi connectivity index (χ2v) is 7.16. The summed E-state index contributed by atoms with van der Waals surface area (Å²) in [6.45, 7) is 3.32. The Labute approximate surface area is 121 Å². The summed E-state index contributed by atoms with van der Waals surface area (Å²) in [5.41, 5.74) is 1.63. The van der Waals surface area contributed by atoms with E-state index in [1.54, 1.807) is 13.1 Å². The number of rotatable bonds is 8. The molecule has 0 unspecified atom stereocenters. The fourth-order valence-corrected chi connectivity index (χ4v) is 2.90. The van der Waals surface area contributed by atoms with E-state index in [0.717, 1.165) is 18.5 Å². The van der Waals surface area contributed by atoms with Gasteiger partial charge in [0.2, 0.25) is 0 Å². The van der Waals surface area contributed by atoms with Crippen molar-refractivity contribution in [3.63, 3.8) is 0 Å². The zero-order chi connectivity index (χ0) is 14.6. The monoisotopic (exact) mass is 297 g/mol. The zero-order valence-corrected chi connectivity index (χ0v) is 12.9. The zero-order valence-electron chi connectivity index (χ0n) is 12.1. The first kappa shape index (κ1) is 15.3. The maximum absolute atomic E-state index is 12.1. The molecule has 0 atom stereocenters. The van der Waals surface area contributed by atoms with Crippen molar-refractivity contribution in [1.82, 2.24) is 9.62 Å². The van der Waals surface area contributed by atoms with Crippen LogP contribution >= 0.6 is 0 Å². The molecule has 0 aromatic heterocycles. The summed E-state index contributed by atoms with van der Waals surface area (Å²) in [6, 6.07) is 8.02. The predicted molar refractivity (Wildman–Crippen MR) is 82.0 cm³/mol. The van der Waals surface area contributed by atoms with E-state index >= 15 is 0 Å². The van der Waals surface area contributed by atoms with Gasteiger partial charge < -0.3 is 5.32 Å². The van der Waals surface area contributed by atoms with E-state index in [4.69, 9.17) is 0 Å². The number of hydrogen-bond acceptors (Lipinski definition) is 3. The van der Waals surface area contributed by atoms with Gasteiger partial charge in [-0.25, -0.2) is 0 Å². The number of nitrogens with one attached hydrogen (secondary N) is 2. The molecule has 0 radical (unpaired) electrons. The number of benzene rings is 1. The largest absolute Gasteiger partial charge is 0.314 e. The molecule has 1 aromatic rings. The van der Waals surface area contributed by atoms with Gasteiger partial charge in [0.1, 0.15) is 0 Å². The van der Waals surface area contributed by atoms with Crippen molar-refractivity contribution in [1.29, 1.82) is 0 Å². The first-order valence-electron chi connectivity index (χ1n) is 7.01. The molecular weight excluding hydrogens is 274 g/mol. The van der Waals surface area contributed by atoms with Crippen LogP contribution in [0, 0.1) is 6.92 Å². The maximum atomic E-state index is 12.1. The van der Waals surface area contributed by atoms with Gasteiger partial charge in [-0.05, 0) is 50.4 Å². The Morgan fingerprint density at radius 1 is 1.35 bits per heavy atom. The van der Waals surface area contributed by atoms with Gasteiger partial charge in [0, 0.05) is 19.6 Å². The van der Waals surface area contributed by atoms with Crippen LogP contribution in [0.5, 0.6) is 0 Å². The first-order valence-corrected chi connectivity index (χ1v) is 8.45. The van der Waals surface area contributed by atoms with Crippen molar-refractivity contribution in [3.8, 4) is 0 Å². The smallest absolute Gasteiger partial charge is 0.301 e. The number of aryl methyl sites for hydroxylation is 1. The molecule has 1 aliphatic rings. The van der Waals surface area contributed by atoms with Crippen LogP contribution in [0.4, 0.5) is 5.69 Å². The lowest BCUT2D eigenvalue weighted by molar-refractivity contribution is 0.458. The van der Waals surface area contributed by atoms with Gasteiger partial charge in [-0.1, -0.05) is 12.1 Å². The van der Waals surface area contributed by atoms with Crippen LogP contribution in [0.3, 0.4) is 0 Å². The van der Waals surface area contributed by atoms with Crippen LogP contribution in [0.1, 0.15) is 24.8 Å². The summed E-state index contributed by atoms with van der Waals surface area (Å²) in [6.07, 6.45) is 3.33. The van der Waals surface area contributed by atoms with Crippen LogP contribution in [0.2, 0.25) is 0 Å². The van der Waals surface area contributed by atoms with Crippen LogP contribution in [0.25, 0.3) is 0 Å². The van der Waals surface area contributed by atoms with Gasteiger partial charge in [-0.2, -0.15) is 12.7 Å². The van der Waals surface area contributed by atoms with E-state index in [9.17, 15) is 8.42 Å². The highest BCUT2D eigenvalue weighted by Crippen LogP contribution is 2.18. The molecule has 0 saturated heterocycles. The molecule has 1 aliphatic carbocycles. The van der Waals surface area contributed by atoms with E-state index < -0.39 is 10.2 Å². The third-order valence-corrected chi connectivity index (χ3v) is 4.83. The second kappa shape index (κ2) is 6.56. The van der Waals surface area contributed by atoms with Gasteiger partial charge in [-0.3, -0.25) is 4.72 Å². The van der Waals surface area contributed by atoms with Crippen LogP contribution in [-0.4, -0.2) is 38.9 Å². The minimum absolute atomic E-state index is 0.515. The average Bonchev–Trinajstić information content (AvgIpc) is 3.17. The molecule has 2 rings (SSSR count). The molecular formula is C14H23N3O2S. The fourth-order valence-electron chi connectivity index (χ4n) is 1.95. The summed E-state index contributed by atoms with van der Waals surface area (Å²) >= 11 is 0. The highest BCUT2D eigenvalue weighted by atomic mass is 32.2. The van der Waals surface area contributed by atoms with Crippen molar-refractivity contribution in [2.45, 2.75) is 32.2 Å². The summed E-state index contributed by atoms with van der Waals surface area (Å²) in [4.78, 5) is 0. The van der Waals surface area contributed by atoms with Gasteiger partial charge in [-0.15, -0.1) is 0 Å². The van der Waals surface area contributed by atoms with Crippen molar-refractivity contribution >= 4 is 15.9 Å². The van der Waals surface area contributed by atoms with Crippen molar-refractivity contribution in [2.75, 3.05) is 24.9 Å². The minimum atomic E-state index is -3.46. The molecule has 20 heavy (non-hydrogen) atoms. The highest BCUT2D eigenvalue weighted by molar-refractivity contribution is 7.90. The SMILES string of the molecule is Cc1cccc(NS(=O)(=O)N(C)CCCNC2CC2)c1. The topological polar surface area (TPSA) is 61.4 Å². The van der Waals surface area contributed by atoms with Crippen molar-refractivity contribution in [3.05, 3.63) is 29.8 Å². The van der Waals surface area contributed by atoms with E-state index in [2.05, 4.69) is 10.0 Å². The van der Waals surface area contributed by atoms with Crippen molar-refractivity contribution in [2.24, 2.45) is 0 Å². The maximum Gasteiger partial charge on any atom is 0.301 e. The third kappa shape index (κ3) is 4.77. The molecule has 1 fully saturated rings. The van der Waals surface area contributed by atoms with Gasteiger partial charge in [0.15, 0.2) is 0 Å². The molecule has 0 spiro atoms. The Morgan fingerprint density at radius 2 is 2.10 bits per heavy atom. The quantitative estimate of drug-likeness (QED) is 0.718. The fraction of sp³-hybridized carbons (Fsp3) is 0.571. The summed E-state index contributed by atoms with van der Waals surface area (Å²) in [5, 5.41) is 3.38. The first-order chi connectivity index (χ1) is 9.47. The van der Waals surface area contributed by atoms with Gasteiger partial charge in [0.05, 0.1) is 5.69 Å². The Morgan fingerprint density at radius 3 is 2.75 bits per heavy atom. The van der Waals surface area contributed by atoms with Crippen molar-refractivity contribution < 1.29 is 8.42 Å². The molecule has 2 N–H and O–H groups in total. The standard InChI is InChI=1S/C14H23N3O2S/c1-12-5-3-6-14(11-12)16-20(18,19)17(2)10-4-9-15-13-7-8-13/h3,5-6,11,13,15-16H,4,7-10H2,1-2H3. The Hall–Kier alpha value is -1.11. The third-order valence-electron chi connectivity index (χ3n) is 3.34. The summed E-state index contributed by atoms with van der Waals surface area (Å²) in [7, 11) is -1.85. The van der Waals surface area contributed by atoms with Crippen LogP contribution < -0.4 is 10.0 Å². The summed E-state index contributed by atoms with van der Waals surface area (Å²) in [5.74, 6) is 0. The Kier molecular flexibility index (Phi) is 5.01. The predicted octanol–water partition coefficient (Wildman–Crippen LogP) is 1.73. The van der Waals surface area contributed by atoms with E-state index in [1.807, 2.05) is 25.1 Å². The van der Waals surface area contributed by atoms with E-state index in [0.29, 0.717) is 18.3 Å². The Balaban J connectivity index is 1.81. The Bertz CT molecular complexity index is 541. The molecule has 112 valence electrons. The molecule has 1 aromatic carbocycles. The lowest BCUT2D eigenvalue weighted by Crippen LogP contribution is -2.34. The number of anilines is 1. The minimum Gasteiger partial charge on any atom is -0.314 e. The molecule has 1 saturated carbocycles. The van der Waals surface area contributed by atoms with E-state index in [-0.39, 0.29) is 0 Å². The highest BCUT2D eigenvalue weighted by Gasteiger charge is 2.20. The molecule has 0 aliphatic heterocycles. The number of hydrogen-bond donors (Lipinski definition) is 2. The molecule has 6 heteroatoms. The van der Waals surface area contributed by atoms with E-state index in [1.165, 1.54) is 17.1 Å². The van der Waals surface area contributed by atoms with Gasteiger partial charge >= 0.3 is 10.2 Å². The number of nitrogens with zero attached hydrogens (tertiary/aromatic N) is 1. The second-order valence-electron chi connectivity index (χ2n) is 5.38. The normalized spacial score (nSPS) is 15.6. The lowest BCUT2D eigenvalue weighted by Gasteiger charge is -2.18. The molecule has 0 amide bonds.